The third-order valence-corrected chi connectivity index (χ3v) is 4.86. The molecule has 0 fully saturated rings. The molecule has 0 aromatic heterocycles. The van der Waals surface area contributed by atoms with E-state index in [0.29, 0.717) is 13.0 Å². The molecule has 0 aliphatic rings. The van der Waals surface area contributed by atoms with Gasteiger partial charge in [-0.25, -0.2) is 0 Å². The lowest BCUT2D eigenvalue weighted by Crippen LogP contribution is -2.40. The largest absolute Gasteiger partial charge is 0.480 e. The van der Waals surface area contributed by atoms with E-state index in [9.17, 15) is 14.4 Å². The Hall–Kier alpha value is -1.89. The van der Waals surface area contributed by atoms with Crippen LogP contribution in [0.1, 0.15) is 89.9 Å². The maximum atomic E-state index is 11.6. The Labute approximate surface area is 175 Å². The number of hydrogen-bond donors (Lipinski definition) is 3. The van der Waals surface area contributed by atoms with E-state index in [4.69, 9.17) is 16.6 Å². The Morgan fingerprint density at radius 3 is 1.72 bits per heavy atom. The van der Waals surface area contributed by atoms with Crippen molar-refractivity contribution in [3.8, 4) is 0 Å². The summed E-state index contributed by atoms with van der Waals surface area (Å²) >= 11 is 0. The van der Waals surface area contributed by atoms with E-state index >= 15 is 0 Å². The molecule has 0 atom stereocenters. The lowest BCUT2D eigenvalue weighted by atomic mass is 10.1. The quantitative estimate of drug-likeness (QED) is 0.209. The number of hydrogen-bond acceptors (Lipinski definition) is 4. The van der Waals surface area contributed by atoms with Crippen molar-refractivity contribution in [3.63, 3.8) is 0 Å². The highest BCUT2D eigenvalue weighted by Gasteiger charge is 2.14. The summed E-state index contributed by atoms with van der Waals surface area (Å²) < 4.78 is 0. The van der Waals surface area contributed by atoms with Gasteiger partial charge in [-0.05, 0) is 38.5 Å². The minimum Gasteiger partial charge on any atom is -0.480 e. The molecule has 7 heteroatoms. The maximum Gasteiger partial charge on any atom is 0.323 e. The fraction of sp³-hybridized carbons (Fsp3) is 0.773. The number of amides is 2. The summed E-state index contributed by atoms with van der Waals surface area (Å²) in [5.41, 5.74) is 10.4. The van der Waals surface area contributed by atoms with Crippen LogP contribution in [0.5, 0.6) is 0 Å². The third-order valence-electron chi connectivity index (χ3n) is 4.86. The van der Waals surface area contributed by atoms with Gasteiger partial charge in [0.25, 0.3) is 0 Å². The van der Waals surface area contributed by atoms with Crippen molar-refractivity contribution in [3.05, 3.63) is 12.2 Å². The molecule has 0 spiro atoms. The van der Waals surface area contributed by atoms with Gasteiger partial charge >= 0.3 is 5.97 Å². The zero-order chi connectivity index (χ0) is 21.7. The van der Waals surface area contributed by atoms with E-state index in [0.717, 1.165) is 44.9 Å². The molecule has 0 saturated heterocycles. The van der Waals surface area contributed by atoms with Crippen LogP contribution < -0.4 is 11.5 Å². The minimum atomic E-state index is -1.000. The highest BCUT2D eigenvalue weighted by Crippen LogP contribution is 2.10. The summed E-state index contributed by atoms with van der Waals surface area (Å²) in [7, 11) is 0. The highest BCUT2D eigenvalue weighted by molar-refractivity contribution is 5.82. The summed E-state index contributed by atoms with van der Waals surface area (Å²) in [5, 5.41) is 8.83. The van der Waals surface area contributed by atoms with Gasteiger partial charge in [0.1, 0.15) is 6.54 Å². The van der Waals surface area contributed by atoms with Gasteiger partial charge in [-0.2, -0.15) is 0 Å². The van der Waals surface area contributed by atoms with Gasteiger partial charge in [0, 0.05) is 13.0 Å². The van der Waals surface area contributed by atoms with Crippen LogP contribution >= 0.6 is 0 Å². The molecule has 7 nitrogen and oxygen atoms in total. The number of carbonyl (C=O) groups excluding carboxylic acids is 2. The van der Waals surface area contributed by atoms with Gasteiger partial charge < -0.3 is 21.5 Å². The smallest absolute Gasteiger partial charge is 0.323 e. The molecule has 0 saturated carbocycles. The van der Waals surface area contributed by atoms with Gasteiger partial charge in [-0.1, -0.05) is 57.1 Å². The predicted octanol–water partition coefficient (Wildman–Crippen LogP) is 3.36. The van der Waals surface area contributed by atoms with Crippen molar-refractivity contribution in [2.24, 2.45) is 11.5 Å². The number of carbonyl (C=O) groups is 3. The number of primary amides is 1. The van der Waals surface area contributed by atoms with Crippen LogP contribution in [0.15, 0.2) is 12.2 Å². The molecule has 168 valence electrons. The molecule has 5 N–H and O–H groups in total. The molecule has 0 aromatic carbocycles. The molecule has 0 radical (unpaired) electrons. The van der Waals surface area contributed by atoms with Crippen LogP contribution in [-0.2, 0) is 14.4 Å². The standard InChI is InChI=1S/C22H41N3O4/c23-18-21(27)25(19-22(28)29)17-15-13-11-9-7-5-3-1-2-4-6-8-10-12-14-16-20(24)26/h1-2H,3-19,23H2,(H2,24,26)(H,28,29)/b2-1-. The summed E-state index contributed by atoms with van der Waals surface area (Å²) in [6.07, 6.45) is 19.4. The number of rotatable bonds is 20. The van der Waals surface area contributed by atoms with E-state index in [1.807, 2.05) is 0 Å². The molecule has 0 unspecified atom stereocenters. The van der Waals surface area contributed by atoms with Crippen LogP contribution in [0.3, 0.4) is 0 Å². The number of nitrogens with zero attached hydrogens (tertiary/aromatic N) is 1. The first kappa shape index (κ1) is 27.1. The topological polar surface area (TPSA) is 127 Å². The first-order valence-electron chi connectivity index (χ1n) is 11.1. The Morgan fingerprint density at radius 1 is 0.759 bits per heavy atom. The van der Waals surface area contributed by atoms with Gasteiger partial charge in [0.05, 0.1) is 6.54 Å². The van der Waals surface area contributed by atoms with Gasteiger partial charge in [0.2, 0.25) is 11.8 Å². The van der Waals surface area contributed by atoms with Crippen LogP contribution in [0.4, 0.5) is 0 Å². The number of carboxylic acids is 1. The summed E-state index contributed by atoms with van der Waals surface area (Å²) in [5.74, 6) is -1.50. The van der Waals surface area contributed by atoms with E-state index in [-0.39, 0.29) is 24.9 Å². The molecular weight excluding hydrogens is 370 g/mol. The number of allylic oxidation sites excluding steroid dienone is 2. The SMILES string of the molecule is NCC(=O)N(CCCCCCCC/C=C\CCCCCCCC(N)=O)CC(=O)O. The Balaban J connectivity index is 3.43. The summed E-state index contributed by atoms with van der Waals surface area (Å²) in [4.78, 5) is 34.3. The van der Waals surface area contributed by atoms with Gasteiger partial charge in [-0.15, -0.1) is 0 Å². The molecular formula is C22H41N3O4. The van der Waals surface area contributed by atoms with E-state index < -0.39 is 5.97 Å². The molecule has 0 aliphatic heterocycles. The minimum absolute atomic E-state index is 0.141. The van der Waals surface area contributed by atoms with Gasteiger partial charge in [-0.3, -0.25) is 14.4 Å². The first-order chi connectivity index (χ1) is 14.0. The second kappa shape index (κ2) is 19.4. The molecule has 0 aliphatic carbocycles. The highest BCUT2D eigenvalue weighted by atomic mass is 16.4. The number of aliphatic carboxylic acids is 1. The molecule has 0 rings (SSSR count). The Bertz CT molecular complexity index is 481. The van der Waals surface area contributed by atoms with E-state index in [1.54, 1.807) is 0 Å². The Morgan fingerprint density at radius 2 is 1.24 bits per heavy atom. The van der Waals surface area contributed by atoms with Crippen molar-refractivity contribution in [1.82, 2.24) is 4.90 Å². The normalized spacial score (nSPS) is 11.1. The lowest BCUT2D eigenvalue weighted by Gasteiger charge is -2.19. The zero-order valence-corrected chi connectivity index (χ0v) is 17.9. The second-order valence-corrected chi connectivity index (χ2v) is 7.57. The van der Waals surface area contributed by atoms with Crippen molar-refractivity contribution in [2.75, 3.05) is 19.6 Å². The molecule has 0 heterocycles. The lowest BCUT2D eigenvalue weighted by molar-refractivity contribution is -0.143. The van der Waals surface area contributed by atoms with Crippen molar-refractivity contribution >= 4 is 17.8 Å². The van der Waals surface area contributed by atoms with Gasteiger partial charge in [0.15, 0.2) is 0 Å². The molecule has 0 bridgehead atoms. The fourth-order valence-corrected chi connectivity index (χ4v) is 3.18. The van der Waals surface area contributed by atoms with Crippen molar-refractivity contribution in [2.45, 2.75) is 89.9 Å². The number of unbranched alkanes of at least 4 members (excludes halogenated alkanes) is 11. The van der Waals surface area contributed by atoms with Crippen LogP contribution in [-0.4, -0.2) is 47.4 Å². The van der Waals surface area contributed by atoms with E-state index in [1.165, 1.54) is 43.4 Å². The number of nitrogens with two attached hydrogens (primary N) is 2. The van der Waals surface area contributed by atoms with Crippen LogP contribution in [0.2, 0.25) is 0 Å². The zero-order valence-electron chi connectivity index (χ0n) is 17.9. The average Bonchev–Trinajstić information content (AvgIpc) is 2.68. The first-order valence-corrected chi connectivity index (χ1v) is 11.1. The third kappa shape index (κ3) is 19.2. The second-order valence-electron chi connectivity index (χ2n) is 7.57. The van der Waals surface area contributed by atoms with E-state index in [2.05, 4.69) is 12.2 Å². The average molecular weight is 412 g/mol. The molecule has 2 amide bonds. The van der Waals surface area contributed by atoms with Crippen molar-refractivity contribution < 1.29 is 19.5 Å². The summed E-state index contributed by atoms with van der Waals surface area (Å²) in [6.45, 7) is 0.0611. The Kier molecular flexibility index (Phi) is 18.2. The molecule has 0 aromatic rings. The van der Waals surface area contributed by atoms with Crippen molar-refractivity contribution in [1.29, 1.82) is 0 Å². The summed E-state index contributed by atoms with van der Waals surface area (Å²) in [6, 6.07) is 0. The monoisotopic (exact) mass is 411 g/mol. The molecule has 29 heavy (non-hydrogen) atoms. The maximum absolute atomic E-state index is 11.6. The predicted molar refractivity (Wildman–Crippen MR) is 116 cm³/mol. The van der Waals surface area contributed by atoms with Crippen LogP contribution in [0, 0.1) is 0 Å². The fourth-order valence-electron chi connectivity index (χ4n) is 3.18. The number of carboxylic acid groups (broad SMARTS) is 1. The van der Waals surface area contributed by atoms with Crippen LogP contribution in [0.25, 0.3) is 0 Å².